The molecule has 0 fully saturated rings. The number of nitrogens with one attached hydrogen (secondary N) is 1. The van der Waals surface area contributed by atoms with Gasteiger partial charge in [-0.3, -0.25) is 10.1 Å². The van der Waals surface area contributed by atoms with E-state index in [0.29, 0.717) is 5.32 Å². The lowest BCUT2D eigenvalue weighted by atomic mass is 10.2. The fraction of sp³-hybridized carbons (Fsp3) is 0.625. The van der Waals surface area contributed by atoms with Crippen LogP contribution in [0.2, 0.25) is 0 Å². The van der Waals surface area contributed by atoms with Gasteiger partial charge in [-0.15, -0.1) is 0 Å². The summed E-state index contributed by atoms with van der Waals surface area (Å²) in [4.78, 5) is 10.8. The van der Waals surface area contributed by atoms with E-state index in [0.717, 1.165) is 0 Å². The minimum Gasteiger partial charge on any atom is -0.288 e. The van der Waals surface area contributed by atoms with Crippen molar-refractivity contribution < 1.29 is 35.5 Å². The molecule has 0 aliphatic carbocycles. The lowest BCUT2D eigenvalue weighted by Gasteiger charge is -2.28. The van der Waals surface area contributed by atoms with Crippen LogP contribution in [-0.4, -0.2) is 24.1 Å². The van der Waals surface area contributed by atoms with Crippen LogP contribution >= 0.6 is 0 Å². The molecule has 0 atom stereocenters. The second-order valence-corrected chi connectivity index (χ2v) is 3.06. The van der Waals surface area contributed by atoms with Crippen LogP contribution < -0.4 is 5.32 Å². The maximum Gasteiger partial charge on any atom is 0.462 e. The Hall–Kier alpha value is -1.28. The number of hydrogen-bond donors (Lipinski definition) is 1. The van der Waals surface area contributed by atoms with Crippen molar-refractivity contribution in [1.82, 2.24) is 5.32 Å². The lowest BCUT2D eigenvalue weighted by Crippen LogP contribution is -2.61. The smallest absolute Gasteiger partial charge is 0.288 e. The first-order valence-electron chi connectivity index (χ1n) is 4.19. The number of carbonyl (C=O) groups is 1. The molecule has 0 rings (SSSR count). The Morgan fingerprint density at radius 2 is 1.53 bits per heavy atom. The molecule has 17 heavy (non-hydrogen) atoms. The highest BCUT2D eigenvalue weighted by Crippen LogP contribution is 2.45. The van der Waals surface area contributed by atoms with Gasteiger partial charge >= 0.3 is 18.1 Å². The molecular formula is C8H8F7NO. The third-order valence-electron chi connectivity index (χ3n) is 1.77. The average molecular weight is 267 g/mol. The largest absolute Gasteiger partial charge is 0.462 e. The Morgan fingerprint density at radius 3 is 1.82 bits per heavy atom. The molecule has 1 amide bonds. The maximum atomic E-state index is 12.6. The fourth-order valence-corrected chi connectivity index (χ4v) is 0.648. The molecule has 2 nitrogen and oxygen atoms in total. The van der Waals surface area contributed by atoms with Gasteiger partial charge in [-0.2, -0.15) is 30.7 Å². The summed E-state index contributed by atoms with van der Waals surface area (Å²) in [6, 6.07) is -5.74. The number of amides is 1. The molecule has 0 aliphatic heterocycles. The van der Waals surface area contributed by atoms with Crippen molar-refractivity contribution in [3.8, 4) is 0 Å². The standard InChI is InChI=1S/C8H8F7NO/c1-3-4(2)5(17)16-8(14,15)6(9,10)7(11,12)13/h2-3H2,1H3,(H,16,17). The van der Waals surface area contributed by atoms with E-state index in [2.05, 4.69) is 6.58 Å². The predicted octanol–water partition coefficient (Wildman–Crippen LogP) is 2.86. The molecule has 0 aromatic rings. The van der Waals surface area contributed by atoms with Crippen LogP contribution in [0.25, 0.3) is 0 Å². The van der Waals surface area contributed by atoms with Gasteiger partial charge in [0.05, 0.1) is 0 Å². The van der Waals surface area contributed by atoms with Crippen molar-refractivity contribution in [2.75, 3.05) is 0 Å². The van der Waals surface area contributed by atoms with Gasteiger partial charge in [0.25, 0.3) is 5.91 Å². The van der Waals surface area contributed by atoms with Crippen LogP contribution in [-0.2, 0) is 4.79 Å². The maximum absolute atomic E-state index is 12.6. The highest BCUT2D eigenvalue weighted by Gasteiger charge is 2.73. The van der Waals surface area contributed by atoms with Crippen LogP contribution in [0.5, 0.6) is 0 Å². The molecule has 0 heterocycles. The van der Waals surface area contributed by atoms with Crippen molar-refractivity contribution in [2.45, 2.75) is 31.5 Å². The van der Waals surface area contributed by atoms with Gasteiger partial charge in [-0.1, -0.05) is 13.5 Å². The normalized spacial score (nSPS) is 13.4. The first-order valence-corrected chi connectivity index (χ1v) is 4.19. The van der Waals surface area contributed by atoms with Gasteiger partial charge in [-0.05, 0) is 6.42 Å². The van der Waals surface area contributed by atoms with Crippen LogP contribution in [0, 0.1) is 0 Å². The summed E-state index contributed by atoms with van der Waals surface area (Å²) in [5.41, 5.74) is -0.539. The molecule has 0 unspecified atom stereocenters. The van der Waals surface area contributed by atoms with E-state index in [-0.39, 0.29) is 6.42 Å². The molecule has 0 radical (unpaired) electrons. The zero-order valence-electron chi connectivity index (χ0n) is 8.47. The van der Waals surface area contributed by atoms with Crippen LogP contribution in [0.4, 0.5) is 30.7 Å². The van der Waals surface area contributed by atoms with Gasteiger partial charge in [0.1, 0.15) is 0 Å². The summed E-state index contributed by atoms with van der Waals surface area (Å²) in [6.45, 7) is 4.22. The Balaban J connectivity index is 5.04. The predicted molar refractivity (Wildman–Crippen MR) is 43.5 cm³/mol. The van der Waals surface area contributed by atoms with Crippen molar-refractivity contribution in [3.05, 3.63) is 12.2 Å². The summed E-state index contributed by atoms with van der Waals surface area (Å²) in [7, 11) is 0. The van der Waals surface area contributed by atoms with Crippen LogP contribution in [0.15, 0.2) is 12.2 Å². The summed E-state index contributed by atoms with van der Waals surface area (Å²) < 4.78 is 84.8. The number of carbonyl (C=O) groups excluding carboxylic acids is 1. The summed E-state index contributed by atoms with van der Waals surface area (Å²) in [5.74, 6) is -8.12. The number of alkyl halides is 7. The third kappa shape index (κ3) is 3.10. The van der Waals surface area contributed by atoms with E-state index in [9.17, 15) is 35.5 Å². The quantitative estimate of drug-likeness (QED) is 0.473. The molecule has 100 valence electrons. The molecule has 9 heteroatoms. The topological polar surface area (TPSA) is 29.1 Å². The molecule has 0 spiro atoms. The third-order valence-corrected chi connectivity index (χ3v) is 1.77. The molecule has 0 saturated carbocycles. The Kier molecular flexibility index (Phi) is 4.19. The second kappa shape index (κ2) is 4.53. The van der Waals surface area contributed by atoms with Crippen molar-refractivity contribution in [1.29, 1.82) is 0 Å². The first kappa shape index (κ1) is 15.7. The number of hydrogen-bond acceptors (Lipinski definition) is 1. The van der Waals surface area contributed by atoms with Crippen LogP contribution in [0.3, 0.4) is 0 Å². The van der Waals surface area contributed by atoms with E-state index >= 15 is 0 Å². The fourth-order valence-electron chi connectivity index (χ4n) is 0.648. The molecule has 0 bridgehead atoms. The number of rotatable bonds is 4. The first-order chi connectivity index (χ1) is 7.37. The highest BCUT2D eigenvalue weighted by atomic mass is 19.4. The molecular weight excluding hydrogens is 259 g/mol. The minimum absolute atomic E-state index is 0.167. The Morgan fingerprint density at radius 1 is 1.12 bits per heavy atom. The minimum atomic E-state index is -6.47. The molecule has 1 N–H and O–H groups in total. The Bertz CT molecular complexity index is 320. The van der Waals surface area contributed by atoms with Crippen LogP contribution in [0.1, 0.15) is 13.3 Å². The molecule has 0 saturated heterocycles. The van der Waals surface area contributed by atoms with Crippen molar-refractivity contribution in [2.24, 2.45) is 0 Å². The van der Waals surface area contributed by atoms with Gasteiger partial charge in [0, 0.05) is 5.57 Å². The summed E-state index contributed by atoms with van der Waals surface area (Å²) in [5, 5.41) is 0.312. The lowest BCUT2D eigenvalue weighted by molar-refractivity contribution is -0.359. The van der Waals surface area contributed by atoms with E-state index in [1.807, 2.05) is 0 Å². The molecule has 0 aliphatic rings. The van der Waals surface area contributed by atoms with Gasteiger partial charge in [-0.25, -0.2) is 0 Å². The monoisotopic (exact) mass is 267 g/mol. The van der Waals surface area contributed by atoms with Crippen molar-refractivity contribution >= 4 is 5.91 Å². The van der Waals surface area contributed by atoms with Gasteiger partial charge in [0.2, 0.25) is 0 Å². The molecule has 0 aromatic carbocycles. The van der Waals surface area contributed by atoms with Gasteiger partial charge < -0.3 is 0 Å². The molecule has 0 aromatic heterocycles. The van der Waals surface area contributed by atoms with E-state index in [1.165, 1.54) is 6.92 Å². The van der Waals surface area contributed by atoms with Gasteiger partial charge in [0.15, 0.2) is 0 Å². The van der Waals surface area contributed by atoms with E-state index in [1.54, 1.807) is 0 Å². The Labute approximate surface area is 91.5 Å². The van der Waals surface area contributed by atoms with Crippen molar-refractivity contribution in [3.63, 3.8) is 0 Å². The van der Waals surface area contributed by atoms with E-state index in [4.69, 9.17) is 0 Å². The second-order valence-electron chi connectivity index (χ2n) is 3.06. The summed E-state index contributed by atoms with van der Waals surface area (Å²) >= 11 is 0. The zero-order chi connectivity index (χ0) is 14.1. The number of halogens is 7. The average Bonchev–Trinajstić information content (AvgIpc) is 2.13. The summed E-state index contributed by atoms with van der Waals surface area (Å²) in [6.07, 6.45) is -6.64. The zero-order valence-corrected chi connectivity index (χ0v) is 8.47. The van der Waals surface area contributed by atoms with E-state index < -0.39 is 29.6 Å². The SMILES string of the molecule is C=C(CC)C(=O)NC(F)(F)C(F)(F)C(F)(F)F. The highest BCUT2D eigenvalue weighted by molar-refractivity contribution is 5.93.